The normalized spacial score (nSPS) is 23.0. The number of carbonyl (C=O) groups is 2. The van der Waals surface area contributed by atoms with Crippen LogP contribution in [-0.2, 0) is 22.6 Å². The summed E-state index contributed by atoms with van der Waals surface area (Å²) in [5, 5.41) is 11.9. The molecule has 1 aromatic rings. The highest BCUT2D eigenvalue weighted by atomic mass is 16.4. The van der Waals surface area contributed by atoms with Crippen molar-refractivity contribution in [3.63, 3.8) is 0 Å². The summed E-state index contributed by atoms with van der Waals surface area (Å²) in [7, 11) is 0. The molecule has 1 aliphatic heterocycles. The molecular formula is C23H30N2O4. The number of allylic oxidation sites excluding steroid dienone is 2. The van der Waals surface area contributed by atoms with Crippen LogP contribution < -0.4 is 0 Å². The molecule has 1 amide bonds. The van der Waals surface area contributed by atoms with E-state index in [0.29, 0.717) is 19.4 Å². The molecule has 0 saturated heterocycles. The molecule has 3 rings (SSSR count). The number of fused-ring (bicyclic) bond motifs is 1. The number of rotatable bonds is 11. The lowest BCUT2D eigenvalue weighted by molar-refractivity contribution is -0.138. The number of carboxylic acids is 1. The van der Waals surface area contributed by atoms with Crippen molar-refractivity contribution in [3.8, 4) is 0 Å². The molecule has 0 spiro atoms. The summed E-state index contributed by atoms with van der Waals surface area (Å²) in [6.45, 7) is 0.717. The van der Waals surface area contributed by atoms with Crippen molar-refractivity contribution in [1.82, 2.24) is 4.90 Å². The zero-order valence-corrected chi connectivity index (χ0v) is 16.8. The SMILES string of the molecule is O=NCC1Cc2ccccc2CN1C(=O)CCCCCC/C=C\[C@@H]1C[C@@H]1C(=O)O. The molecule has 1 heterocycles. The molecule has 6 heteroatoms. The van der Waals surface area contributed by atoms with Crippen LogP contribution in [0.5, 0.6) is 0 Å². The molecule has 3 atom stereocenters. The van der Waals surface area contributed by atoms with Gasteiger partial charge in [-0.05, 0) is 49.1 Å². The Labute approximate surface area is 172 Å². The summed E-state index contributed by atoms with van der Waals surface area (Å²) in [6, 6.07) is 7.96. The van der Waals surface area contributed by atoms with Crippen LogP contribution in [0.4, 0.5) is 0 Å². The molecule has 29 heavy (non-hydrogen) atoms. The Balaban J connectivity index is 1.34. The minimum Gasteiger partial charge on any atom is -0.481 e. The molecule has 0 aromatic heterocycles. The van der Waals surface area contributed by atoms with E-state index in [9.17, 15) is 14.5 Å². The van der Waals surface area contributed by atoms with Crippen molar-refractivity contribution < 1.29 is 14.7 Å². The standard InChI is InChI=1S/C23H30N2O4/c26-22(12-6-4-2-1-3-5-10-18-14-21(18)23(27)28)25-16-19-11-8-7-9-17(19)13-20(25)15-24-29/h5,7-11,18,20-21H,1-4,6,12-16H2,(H,27,28)/b10-5-/t18-,20?,21+/m1/s1. The molecule has 2 aliphatic rings. The van der Waals surface area contributed by atoms with Gasteiger partial charge in [-0.15, -0.1) is 0 Å². The number of benzene rings is 1. The van der Waals surface area contributed by atoms with Crippen LogP contribution in [0.25, 0.3) is 0 Å². The highest BCUT2D eigenvalue weighted by Crippen LogP contribution is 2.39. The van der Waals surface area contributed by atoms with Gasteiger partial charge in [0.15, 0.2) is 0 Å². The van der Waals surface area contributed by atoms with E-state index in [1.807, 2.05) is 29.2 Å². The lowest BCUT2D eigenvalue weighted by atomic mass is 9.93. The summed E-state index contributed by atoms with van der Waals surface area (Å²) in [4.78, 5) is 36.1. The van der Waals surface area contributed by atoms with Crippen LogP contribution in [0.15, 0.2) is 41.6 Å². The Kier molecular flexibility index (Phi) is 7.55. The molecule has 1 N–H and O–H groups in total. The summed E-state index contributed by atoms with van der Waals surface area (Å²) in [5.41, 5.74) is 2.37. The monoisotopic (exact) mass is 398 g/mol. The highest BCUT2D eigenvalue weighted by Gasteiger charge is 2.40. The number of carbonyl (C=O) groups excluding carboxylic acids is 1. The average Bonchev–Trinajstić information content (AvgIpc) is 3.49. The maximum atomic E-state index is 12.7. The van der Waals surface area contributed by atoms with Gasteiger partial charge in [0.1, 0.15) is 6.54 Å². The van der Waals surface area contributed by atoms with Crippen molar-refractivity contribution in [2.75, 3.05) is 6.54 Å². The van der Waals surface area contributed by atoms with Crippen LogP contribution in [0.3, 0.4) is 0 Å². The van der Waals surface area contributed by atoms with Gasteiger partial charge in [-0.3, -0.25) is 9.59 Å². The summed E-state index contributed by atoms with van der Waals surface area (Å²) in [6.07, 6.45) is 11.1. The number of hydrogen-bond donors (Lipinski definition) is 1. The number of carboxylic acid groups (broad SMARTS) is 1. The Morgan fingerprint density at radius 3 is 2.62 bits per heavy atom. The first-order valence-corrected chi connectivity index (χ1v) is 10.6. The lowest BCUT2D eigenvalue weighted by Gasteiger charge is -2.35. The van der Waals surface area contributed by atoms with E-state index >= 15 is 0 Å². The van der Waals surface area contributed by atoms with Crippen LogP contribution in [0.2, 0.25) is 0 Å². The third-order valence-corrected chi connectivity index (χ3v) is 6.01. The number of unbranched alkanes of at least 4 members (excludes halogenated alkanes) is 4. The van der Waals surface area contributed by atoms with Crippen molar-refractivity contribution in [2.45, 2.75) is 64.0 Å². The maximum Gasteiger partial charge on any atom is 0.307 e. The fraction of sp³-hybridized carbons (Fsp3) is 0.565. The number of hydrogen-bond acceptors (Lipinski definition) is 4. The van der Waals surface area contributed by atoms with Gasteiger partial charge < -0.3 is 10.0 Å². The lowest BCUT2D eigenvalue weighted by Crippen LogP contribution is -2.45. The summed E-state index contributed by atoms with van der Waals surface area (Å²) < 4.78 is 0. The first-order valence-electron chi connectivity index (χ1n) is 10.6. The van der Waals surface area contributed by atoms with Gasteiger partial charge in [0.25, 0.3) is 0 Å². The second-order valence-corrected chi connectivity index (χ2v) is 8.19. The molecule has 1 aromatic carbocycles. The number of nitrogens with zero attached hydrogens (tertiary/aromatic N) is 2. The molecule has 1 aliphatic carbocycles. The topological polar surface area (TPSA) is 87.0 Å². The largest absolute Gasteiger partial charge is 0.481 e. The summed E-state index contributed by atoms with van der Waals surface area (Å²) >= 11 is 0. The van der Waals surface area contributed by atoms with Gasteiger partial charge in [-0.25, -0.2) is 0 Å². The average molecular weight is 399 g/mol. The van der Waals surface area contributed by atoms with Gasteiger partial charge in [-0.2, -0.15) is 4.91 Å². The third-order valence-electron chi connectivity index (χ3n) is 6.01. The van der Waals surface area contributed by atoms with Crippen LogP contribution in [0, 0.1) is 16.7 Å². The maximum absolute atomic E-state index is 12.7. The number of amides is 1. The fourth-order valence-corrected chi connectivity index (χ4v) is 4.15. The Morgan fingerprint density at radius 2 is 1.90 bits per heavy atom. The van der Waals surface area contributed by atoms with Crippen molar-refractivity contribution in [1.29, 1.82) is 0 Å². The zero-order chi connectivity index (χ0) is 20.6. The fourth-order valence-electron chi connectivity index (χ4n) is 4.15. The predicted octanol–water partition coefficient (Wildman–Crippen LogP) is 4.32. The zero-order valence-electron chi connectivity index (χ0n) is 16.8. The molecule has 1 fully saturated rings. The second kappa shape index (κ2) is 10.3. The van der Waals surface area contributed by atoms with Gasteiger partial charge in [-0.1, -0.05) is 54.4 Å². The van der Waals surface area contributed by atoms with Crippen molar-refractivity contribution in [3.05, 3.63) is 52.5 Å². The molecule has 0 radical (unpaired) electrons. The summed E-state index contributed by atoms with van der Waals surface area (Å²) in [5.74, 6) is -0.514. The van der Waals surface area contributed by atoms with Crippen LogP contribution in [-0.4, -0.2) is 34.5 Å². The Morgan fingerprint density at radius 1 is 1.14 bits per heavy atom. The Bertz CT molecular complexity index is 761. The Hall–Kier alpha value is -2.50. The molecule has 1 saturated carbocycles. The van der Waals surface area contributed by atoms with E-state index < -0.39 is 5.97 Å². The van der Waals surface area contributed by atoms with E-state index in [2.05, 4.69) is 17.3 Å². The first-order chi connectivity index (χ1) is 14.1. The van der Waals surface area contributed by atoms with Crippen LogP contribution >= 0.6 is 0 Å². The van der Waals surface area contributed by atoms with E-state index in [4.69, 9.17) is 5.11 Å². The van der Waals surface area contributed by atoms with Crippen molar-refractivity contribution >= 4 is 11.9 Å². The van der Waals surface area contributed by atoms with E-state index in [1.54, 1.807) is 0 Å². The van der Waals surface area contributed by atoms with Gasteiger partial charge >= 0.3 is 5.97 Å². The molecule has 1 unspecified atom stereocenters. The third kappa shape index (κ3) is 5.99. The van der Waals surface area contributed by atoms with E-state index in [0.717, 1.165) is 44.1 Å². The molecule has 156 valence electrons. The second-order valence-electron chi connectivity index (χ2n) is 8.19. The molecule has 0 bridgehead atoms. The molecular weight excluding hydrogens is 368 g/mol. The minimum atomic E-state index is -0.687. The van der Waals surface area contributed by atoms with E-state index in [1.165, 1.54) is 5.56 Å². The minimum absolute atomic E-state index is 0.112. The highest BCUT2D eigenvalue weighted by molar-refractivity contribution is 5.77. The quantitative estimate of drug-likeness (QED) is 0.341. The predicted molar refractivity (Wildman–Crippen MR) is 111 cm³/mol. The number of nitroso groups, excluding NO2 is 1. The smallest absolute Gasteiger partial charge is 0.307 e. The van der Waals surface area contributed by atoms with Crippen molar-refractivity contribution in [2.24, 2.45) is 17.0 Å². The molecule has 6 nitrogen and oxygen atoms in total. The van der Waals surface area contributed by atoms with Crippen LogP contribution in [0.1, 0.15) is 56.1 Å². The first kappa shape index (κ1) is 21.2. The van der Waals surface area contributed by atoms with Gasteiger partial charge in [0, 0.05) is 13.0 Å². The van der Waals surface area contributed by atoms with Gasteiger partial charge in [0.05, 0.1) is 12.0 Å². The number of aliphatic carboxylic acids is 1. The van der Waals surface area contributed by atoms with Gasteiger partial charge in [0.2, 0.25) is 5.91 Å². The van der Waals surface area contributed by atoms with E-state index in [-0.39, 0.29) is 30.3 Å².